The second-order valence-corrected chi connectivity index (χ2v) is 12.6. The highest BCUT2D eigenvalue weighted by molar-refractivity contribution is 5.87. The molecule has 0 aromatic heterocycles. The van der Waals surface area contributed by atoms with Gasteiger partial charge in [0.2, 0.25) is 5.91 Å². The maximum absolute atomic E-state index is 13.8. The molecule has 0 saturated carbocycles. The number of nitrogens with zero attached hydrogens (tertiary/aromatic N) is 2. The van der Waals surface area contributed by atoms with Crippen molar-refractivity contribution in [3.05, 3.63) is 71.0 Å². The Morgan fingerprint density at radius 3 is 1.95 bits per heavy atom. The third-order valence-electron chi connectivity index (χ3n) is 8.44. The summed E-state index contributed by atoms with van der Waals surface area (Å²) in [5.41, 5.74) is -1.51. The number of carbonyl (C=O) groups is 2. The number of alkyl halides is 3. The number of benzene rings is 2. The molecular formula is C31H38F4N2O3. The first-order valence-corrected chi connectivity index (χ1v) is 13.7. The van der Waals surface area contributed by atoms with Crippen molar-refractivity contribution in [3.63, 3.8) is 0 Å². The van der Waals surface area contributed by atoms with E-state index >= 15 is 0 Å². The number of hydrogen-bond donors (Lipinski definition) is 0. The van der Waals surface area contributed by atoms with E-state index in [4.69, 9.17) is 4.74 Å². The van der Waals surface area contributed by atoms with Crippen molar-refractivity contribution in [2.24, 2.45) is 5.41 Å². The number of halogens is 4. The fraction of sp³-hybridized carbons (Fsp3) is 0.548. The monoisotopic (exact) mass is 562 g/mol. The molecule has 2 aliphatic rings. The first-order valence-electron chi connectivity index (χ1n) is 13.7. The second-order valence-electron chi connectivity index (χ2n) is 12.6. The molecule has 2 fully saturated rings. The molecule has 218 valence electrons. The Labute approximate surface area is 233 Å². The molecule has 2 amide bonds. The van der Waals surface area contributed by atoms with Crippen molar-refractivity contribution in [2.45, 2.75) is 77.0 Å². The first kappa shape index (κ1) is 29.9. The minimum atomic E-state index is -4.49. The maximum atomic E-state index is 13.8. The Morgan fingerprint density at radius 2 is 1.40 bits per heavy atom. The molecule has 0 aliphatic carbocycles. The summed E-state index contributed by atoms with van der Waals surface area (Å²) in [5.74, 6) is -0.635. The second kappa shape index (κ2) is 10.7. The van der Waals surface area contributed by atoms with E-state index in [0.29, 0.717) is 51.0 Å². The van der Waals surface area contributed by atoms with Gasteiger partial charge in [0.1, 0.15) is 11.4 Å². The highest BCUT2D eigenvalue weighted by atomic mass is 19.4. The van der Waals surface area contributed by atoms with E-state index in [1.54, 1.807) is 41.8 Å². The lowest BCUT2D eigenvalue weighted by molar-refractivity contribution is -0.140. The van der Waals surface area contributed by atoms with Crippen LogP contribution >= 0.6 is 0 Å². The zero-order valence-electron chi connectivity index (χ0n) is 23.8. The molecule has 0 radical (unpaired) electrons. The fourth-order valence-corrected chi connectivity index (χ4v) is 6.04. The minimum absolute atomic E-state index is 0.0805. The van der Waals surface area contributed by atoms with Gasteiger partial charge < -0.3 is 14.5 Å². The molecule has 2 heterocycles. The van der Waals surface area contributed by atoms with Crippen molar-refractivity contribution in [1.29, 1.82) is 0 Å². The Hall–Kier alpha value is -3.10. The average molecular weight is 563 g/mol. The van der Waals surface area contributed by atoms with Gasteiger partial charge in [0, 0.05) is 32.1 Å². The van der Waals surface area contributed by atoms with Gasteiger partial charge in [-0.25, -0.2) is 9.18 Å². The van der Waals surface area contributed by atoms with Gasteiger partial charge in [-0.15, -0.1) is 0 Å². The molecule has 2 saturated heterocycles. The number of likely N-dealkylation sites (tertiary alicyclic amines) is 2. The van der Waals surface area contributed by atoms with E-state index in [-0.39, 0.29) is 29.2 Å². The van der Waals surface area contributed by atoms with Crippen LogP contribution in [0.3, 0.4) is 0 Å². The molecule has 2 aromatic rings. The Morgan fingerprint density at radius 1 is 0.850 bits per heavy atom. The molecule has 40 heavy (non-hydrogen) atoms. The van der Waals surface area contributed by atoms with E-state index < -0.39 is 22.8 Å². The van der Waals surface area contributed by atoms with Gasteiger partial charge in [0.15, 0.2) is 0 Å². The van der Waals surface area contributed by atoms with Crippen LogP contribution in [0.5, 0.6) is 0 Å². The molecule has 0 N–H and O–H groups in total. The SMILES string of the molecule is CC(C)(C)OC(=O)N1CCC2(CCN(C(=O)C(C)(C)c3cccc(C(F)(F)F)c3)CC2)[C@H](c2ccc(F)cc2)C1. The third-order valence-corrected chi connectivity index (χ3v) is 8.44. The number of carbonyl (C=O) groups excluding carboxylic acids is 2. The first-order chi connectivity index (χ1) is 18.5. The van der Waals surface area contributed by atoms with Gasteiger partial charge in [-0.3, -0.25) is 4.79 Å². The van der Waals surface area contributed by atoms with E-state index in [0.717, 1.165) is 17.7 Å². The molecule has 5 nitrogen and oxygen atoms in total. The highest BCUT2D eigenvalue weighted by Crippen LogP contribution is 2.50. The normalized spacial score (nSPS) is 20.0. The summed E-state index contributed by atoms with van der Waals surface area (Å²) in [4.78, 5) is 30.0. The molecule has 2 aliphatic heterocycles. The maximum Gasteiger partial charge on any atom is 0.416 e. The van der Waals surface area contributed by atoms with Crippen LogP contribution in [0, 0.1) is 11.2 Å². The van der Waals surface area contributed by atoms with Gasteiger partial charge in [0.05, 0.1) is 11.0 Å². The van der Waals surface area contributed by atoms with Crippen LogP contribution < -0.4 is 0 Å². The molecule has 4 rings (SSSR count). The zero-order chi connectivity index (χ0) is 29.5. The van der Waals surface area contributed by atoms with Crippen LogP contribution in [0.15, 0.2) is 48.5 Å². The number of amides is 2. The number of rotatable bonds is 3. The van der Waals surface area contributed by atoms with Crippen molar-refractivity contribution in [3.8, 4) is 0 Å². The fourth-order valence-electron chi connectivity index (χ4n) is 6.04. The molecule has 0 unspecified atom stereocenters. The molecule has 1 atom stereocenters. The molecule has 9 heteroatoms. The van der Waals surface area contributed by atoms with Crippen LogP contribution in [-0.4, -0.2) is 53.6 Å². The largest absolute Gasteiger partial charge is 0.444 e. The molecule has 2 aromatic carbocycles. The van der Waals surface area contributed by atoms with Gasteiger partial charge in [0.25, 0.3) is 0 Å². The van der Waals surface area contributed by atoms with E-state index in [1.807, 2.05) is 20.8 Å². The average Bonchev–Trinajstić information content (AvgIpc) is 2.88. The highest BCUT2D eigenvalue weighted by Gasteiger charge is 2.48. The lowest BCUT2D eigenvalue weighted by atomic mass is 9.62. The van der Waals surface area contributed by atoms with Crippen LogP contribution in [0.4, 0.5) is 22.4 Å². The van der Waals surface area contributed by atoms with Crippen molar-refractivity contribution >= 4 is 12.0 Å². The summed E-state index contributed by atoms with van der Waals surface area (Å²) in [7, 11) is 0. The summed E-state index contributed by atoms with van der Waals surface area (Å²) in [5, 5.41) is 0. The quantitative estimate of drug-likeness (QED) is 0.373. The van der Waals surface area contributed by atoms with Gasteiger partial charge in [-0.1, -0.05) is 30.3 Å². The van der Waals surface area contributed by atoms with Gasteiger partial charge in [-0.05, 0) is 88.6 Å². The lowest BCUT2D eigenvalue weighted by Gasteiger charge is -2.52. The summed E-state index contributed by atoms with van der Waals surface area (Å²) in [6.07, 6.45) is -2.84. The third kappa shape index (κ3) is 6.28. The van der Waals surface area contributed by atoms with E-state index in [2.05, 4.69) is 0 Å². The van der Waals surface area contributed by atoms with Crippen molar-refractivity contribution in [2.75, 3.05) is 26.2 Å². The predicted octanol–water partition coefficient (Wildman–Crippen LogP) is 7.16. The lowest BCUT2D eigenvalue weighted by Crippen LogP contribution is -2.55. The summed E-state index contributed by atoms with van der Waals surface area (Å²) in [6, 6.07) is 11.3. The van der Waals surface area contributed by atoms with E-state index in [1.165, 1.54) is 18.2 Å². The standard InChI is InChI=1S/C31H38F4N2O3/c1-28(2,3)40-27(39)37-18-15-30(25(20-37)21-9-11-24(32)12-10-21)13-16-36(17-14-30)26(38)29(4,5)22-7-6-8-23(19-22)31(33,34)35/h6-12,19,25H,13-18,20H2,1-5H3/t25-/m0/s1. The van der Waals surface area contributed by atoms with Crippen LogP contribution in [0.25, 0.3) is 0 Å². The number of ether oxygens (including phenoxy) is 1. The van der Waals surface area contributed by atoms with Gasteiger partial charge >= 0.3 is 12.3 Å². The topological polar surface area (TPSA) is 49.9 Å². The molecule has 1 spiro atoms. The number of hydrogen-bond acceptors (Lipinski definition) is 3. The van der Waals surface area contributed by atoms with E-state index in [9.17, 15) is 27.2 Å². The zero-order valence-corrected chi connectivity index (χ0v) is 23.8. The predicted molar refractivity (Wildman–Crippen MR) is 144 cm³/mol. The molecule has 0 bridgehead atoms. The minimum Gasteiger partial charge on any atom is -0.444 e. The van der Waals surface area contributed by atoms with Crippen molar-refractivity contribution in [1.82, 2.24) is 9.80 Å². The molecular weight excluding hydrogens is 524 g/mol. The number of piperidine rings is 2. The van der Waals surface area contributed by atoms with Gasteiger partial charge in [-0.2, -0.15) is 13.2 Å². The Kier molecular flexibility index (Phi) is 8.00. The van der Waals surface area contributed by atoms with Crippen LogP contribution in [-0.2, 0) is 21.1 Å². The summed E-state index contributed by atoms with van der Waals surface area (Å²) >= 11 is 0. The van der Waals surface area contributed by atoms with Crippen LogP contribution in [0.2, 0.25) is 0 Å². The van der Waals surface area contributed by atoms with Crippen LogP contribution in [0.1, 0.15) is 76.5 Å². The Bertz CT molecular complexity index is 1230. The smallest absolute Gasteiger partial charge is 0.416 e. The summed E-state index contributed by atoms with van der Waals surface area (Å²) in [6.45, 7) is 10.6. The summed E-state index contributed by atoms with van der Waals surface area (Å²) < 4.78 is 59.4. The Balaban J connectivity index is 1.53. The van der Waals surface area contributed by atoms with Crippen molar-refractivity contribution < 1.29 is 31.9 Å².